The summed E-state index contributed by atoms with van der Waals surface area (Å²) >= 11 is 0. The number of hydrogen-bond donors (Lipinski definition) is 2. The Balaban J connectivity index is 2.60. The third-order valence-corrected chi connectivity index (χ3v) is 2.82. The molecule has 1 aliphatic rings. The molecule has 14 heavy (non-hydrogen) atoms. The average Bonchev–Trinajstić information content (AvgIpc) is 2.12. The fourth-order valence-electron chi connectivity index (χ4n) is 1.78. The molecule has 0 aliphatic carbocycles. The van der Waals surface area contributed by atoms with Crippen molar-refractivity contribution < 1.29 is 0 Å². The molecule has 0 aromatic carbocycles. The lowest BCUT2D eigenvalue weighted by Gasteiger charge is -2.31. The van der Waals surface area contributed by atoms with Crippen LogP contribution in [0.2, 0.25) is 0 Å². The van der Waals surface area contributed by atoms with E-state index in [1.54, 1.807) is 0 Å². The van der Waals surface area contributed by atoms with E-state index in [9.17, 15) is 4.79 Å². The fraction of sp³-hybridized carbons (Fsp3) is 0.556. The molecule has 0 fully saturated rings. The maximum atomic E-state index is 11.5. The van der Waals surface area contributed by atoms with Crippen LogP contribution in [0.15, 0.2) is 4.79 Å². The third kappa shape index (κ3) is 1.25. The second kappa shape index (κ2) is 3.01. The summed E-state index contributed by atoms with van der Waals surface area (Å²) in [4.78, 5) is 20.2. The average molecular weight is 194 g/mol. The van der Waals surface area contributed by atoms with E-state index in [-0.39, 0.29) is 11.5 Å². The van der Waals surface area contributed by atoms with E-state index in [4.69, 9.17) is 5.73 Å². The normalized spacial score (nSPS) is 20.7. The quantitative estimate of drug-likeness (QED) is 0.615. The minimum Gasteiger partial charge on any atom is -0.369 e. The van der Waals surface area contributed by atoms with Crippen LogP contribution in [0.3, 0.4) is 0 Å². The van der Waals surface area contributed by atoms with Crippen molar-refractivity contribution in [2.45, 2.75) is 25.8 Å². The molecule has 5 heteroatoms. The summed E-state index contributed by atoms with van der Waals surface area (Å²) in [5.41, 5.74) is 6.14. The van der Waals surface area contributed by atoms with Gasteiger partial charge in [-0.05, 0) is 19.8 Å². The molecule has 5 nitrogen and oxygen atoms in total. The Bertz CT molecular complexity index is 412. The van der Waals surface area contributed by atoms with Crippen molar-refractivity contribution in [2.75, 3.05) is 17.7 Å². The van der Waals surface area contributed by atoms with Crippen LogP contribution in [0.5, 0.6) is 0 Å². The Hall–Kier alpha value is -1.52. The number of aromatic amines is 1. The largest absolute Gasteiger partial charge is 0.369 e. The van der Waals surface area contributed by atoms with Gasteiger partial charge in [-0.1, -0.05) is 0 Å². The van der Waals surface area contributed by atoms with E-state index in [1.807, 2.05) is 11.9 Å². The number of nitrogens with zero attached hydrogens (tertiary/aromatic N) is 2. The number of aromatic nitrogens is 2. The first-order valence-electron chi connectivity index (χ1n) is 4.71. The number of hydrogen-bond acceptors (Lipinski definition) is 4. The second-order valence-electron chi connectivity index (χ2n) is 3.75. The van der Waals surface area contributed by atoms with Crippen LogP contribution < -0.4 is 16.2 Å². The van der Waals surface area contributed by atoms with E-state index in [2.05, 4.69) is 16.9 Å². The monoisotopic (exact) mass is 194 g/mol. The summed E-state index contributed by atoms with van der Waals surface area (Å²) in [6.07, 6.45) is 1.77. The van der Waals surface area contributed by atoms with E-state index in [0.717, 1.165) is 24.2 Å². The summed E-state index contributed by atoms with van der Waals surface area (Å²) in [7, 11) is 1.94. The summed E-state index contributed by atoms with van der Waals surface area (Å²) in [6, 6.07) is 0.413. The smallest absolute Gasteiger partial charge is 0.257 e. The number of nitrogen functional groups attached to an aromatic ring is 1. The lowest BCUT2D eigenvalue weighted by molar-refractivity contribution is 0.585. The van der Waals surface area contributed by atoms with Gasteiger partial charge in [-0.25, -0.2) is 0 Å². The molecule has 0 bridgehead atoms. The molecule has 1 aliphatic heterocycles. The van der Waals surface area contributed by atoms with Crippen molar-refractivity contribution in [2.24, 2.45) is 0 Å². The maximum Gasteiger partial charge on any atom is 0.257 e. The van der Waals surface area contributed by atoms with Gasteiger partial charge in [-0.15, -0.1) is 0 Å². The summed E-state index contributed by atoms with van der Waals surface area (Å²) in [5.74, 6) is 0.916. The zero-order valence-corrected chi connectivity index (χ0v) is 8.37. The number of fused-ring (bicyclic) bond motifs is 1. The topological polar surface area (TPSA) is 75.0 Å². The Labute approximate surface area is 82.0 Å². The van der Waals surface area contributed by atoms with E-state index >= 15 is 0 Å². The van der Waals surface area contributed by atoms with Crippen molar-refractivity contribution in [1.82, 2.24) is 9.97 Å². The van der Waals surface area contributed by atoms with Crippen LogP contribution in [-0.4, -0.2) is 23.1 Å². The van der Waals surface area contributed by atoms with E-state index in [0.29, 0.717) is 6.04 Å². The number of nitrogens with one attached hydrogen (secondary N) is 1. The first kappa shape index (κ1) is 9.05. The highest BCUT2D eigenvalue weighted by molar-refractivity contribution is 5.50. The molecular formula is C9H14N4O. The molecule has 1 aromatic heterocycles. The van der Waals surface area contributed by atoms with E-state index < -0.39 is 0 Å². The zero-order valence-electron chi connectivity index (χ0n) is 8.37. The van der Waals surface area contributed by atoms with Crippen molar-refractivity contribution in [3.05, 3.63) is 15.9 Å². The van der Waals surface area contributed by atoms with Crippen molar-refractivity contribution >= 4 is 11.8 Å². The van der Waals surface area contributed by atoms with Crippen LogP contribution in [0, 0.1) is 0 Å². The maximum absolute atomic E-state index is 11.5. The standard InChI is InChI=1S/C9H14N4O/c1-5-3-4-6-7(13(5)2)11-9(10)12-8(6)14/h5H,3-4H2,1-2H3,(H3,10,11,12,14). The molecule has 3 N–H and O–H groups in total. The van der Waals surface area contributed by atoms with Crippen LogP contribution in [0.1, 0.15) is 18.9 Å². The summed E-state index contributed by atoms with van der Waals surface area (Å²) in [5, 5.41) is 0. The lowest BCUT2D eigenvalue weighted by atomic mass is 10.0. The molecule has 0 spiro atoms. The molecule has 0 radical (unpaired) electrons. The molecule has 76 valence electrons. The predicted molar refractivity (Wildman–Crippen MR) is 55.5 cm³/mol. The minimum absolute atomic E-state index is 0.105. The second-order valence-corrected chi connectivity index (χ2v) is 3.75. The van der Waals surface area contributed by atoms with Gasteiger partial charge in [0.2, 0.25) is 5.95 Å². The van der Waals surface area contributed by atoms with Gasteiger partial charge < -0.3 is 10.6 Å². The van der Waals surface area contributed by atoms with Crippen molar-refractivity contribution in [3.8, 4) is 0 Å². The first-order valence-corrected chi connectivity index (χ1v) is 4.71. The molecule has 0 amide bonds. The molecule has 0 saturated carbocycles. The van der Waals surface area contributed by atoms with Crippen LogP contribution in [0.4, 0.5) is 11.8 Å². The minimum atomic E-state index is -0.105. The molecular weight excluding hydrogens is 180 g/mol. The van der Waals surface area contributed by atoms with E-state index in [1.165, 1.54) is 0 Å². The van der Waals surface area contributed by atoms with Gasteiger partial charge in [-0.2, -0.15) is 4.98 Å². The van der Waals surface area contributed by atoms with Gasteiger partial charge >= 0.3 is 0 Å². The first-order chi connectivity index (χ1) is 6.59. The van der Waals surface area contributed by atoms with Gasteiger partial charge in [0.05, 0.1) is 5.56 Å². The number of H-pyrrole nitrogens is 1. The fourth-order valence-corrected chi connectivity index (χ4v) is 1.78. The van der Waals surface area contributed by atoms with Gasteiger partial charge in [0, 0.05) is 13.1 Å². The highest BCUT2D eigenvalue weighted by Gasteiger charge is 2.23. The Morgan fingerprint density at radius 1 is 1.64 bits per heavy atom. The molecule has 1 unspecified atom stereocenters. The molecule has 2 rings (SSSR count). The van der Waals surface area contributed by atoms with Gasteiger partial charge in [-0.3, -0.25) is 9.78 Å². The highest BCUT2D eigenvalue weighted by Crippen LogP contribution is 2.24. The Kier molecular flexibility index (Phi) is 1.94. The SMILES string of the molecule is CC1CCc2c(nc(N)[nH]c2=O)N1C. The number of anilines is 2. The van der Waals surface area contributed by atoms with Crippen molar-refractivity contribution in [3.63, 3.8) is 0 Å². The van der Waals surface area contributed by atoms with Gasteiger partial charge in [0.25, 0.3) is 5.56 Å². The Morgan fingerprint density at radius 2 is 2.36 bits per heavy atom. The van der Waals surface area contributed by atoms with Crippen LogP contribution in [0.25, 0.3) is 0 Å². The van der Waals surface area contributed by atoms with Gasteiger partial charge in [0.1, 0.15) is 5.82 Å². The lowest BCUT2D eigenvalue weighted by Crippen LogP contribution is -2.37. The third-order valence-electron chi connectivity index (χ3n) is 2.82. The zero-order chi connectivity index (χ0) is 10.3. The van der Waals surface area contributed by atoms with Crippen molar-refractivity contribution in [1.29, 1.82) is 0 Å². The number of nitrogens with two attached hydrogens (primary N) is 1. The number of rotatable bonds is 0. The molecule has 2 heterocycles. The molecule has 1 aromatic rings. The molecule has 1 atom stereocenters. The van der Waals surface area contributed by atoms with Crippen LogP contribution >= 0.6 is 0 Å². The molecule has 0 saturated heterocycles. The summed E-state index contributed by atoms with van der Waals surface area (Å²) in [6.45, 7) is 2.11. The summed E-state index contributed by atoms with van der Waals surface area (Å²) < 4.78 is 0. The highest BCUT2D eigenvalue weighted by atomic mass is 16.1. The van der Waals surface area contributed by atoms with Gasteiger partial charge in [0.15, 0.2) is 0 Å². The van der Waals surface area contributed by atoms with Crippen LogP contribution in [-0.2, 0) is 6.42 Å². The predicted octanol–water partition coefficient (Wildman–Crippen LogP) is 0.123. The Morgan fingerprint density at radius 3 is 3.07 bits per heavy atom.